The van der Waals surface area contributed by atoms with Gasteiger partial charge in [0.1, 0.15) is 6.23 Å². The van der Waals surface area contributed by atoms with Gasteiger partial charge in [-0.05, 0) is 17.7 Å². The number of anilines is 1. The summed E-state index contributed by atoms with van der Waals surface area (Å²) in [5.41, 5.74) is 2.36. The first-order valence-electron chi connectivity index (χ1n) is 3.87. The molecular weight excluding hydrogens is 174 g/mol. The number of fused-ring (bicyclic) bond motifs is 1. The lowest BCUT2D eigenvalue weighted by molar-refractivity contribution is 0.132. The molecule has 0 aromatic heterocycles. The third-order valence-corrected chi connectivity index (χ3v) is 2.31. The van der Waals surface area contributed by atoms with Crippen LogP contribution in [0.2, 0.25) is 5.02 Å². The predicted molar refractivity (Wildman–Crippen MR) is 49.6 cm³/mol. The monoisotopic (exact) mass is 183 g/mol. The van der Waals surface area contributed by atoms with Crippen LogP contribution in [-0.2, 0) is 11.2 Å². The Kier molecular flexibility index (Phi) is 1.95. The number of ether oxygens (including phenoxy) is 1. The van der Waals surface area contributed by atoms with E-state index in [1.54, 1.807) is 7.11 Å². The van der Waals surface area contributed by atoms with Gasteiger partial charge in [0.2, 0.25) is 0 Å². The van der Waals surface area contributed by atoms with Crippen LogP contribution in [0.1, 0.15) is 5.56 Å². The number of halogens is 1. The number of hydrogen-bond donors (Lipinski definition) is 1. The summed E-state index contributed by atoms with van der Waals surface area (Å²) in [4.78, 5) is 0. The molecule has 0 bridgehead atoms. The Hall–Kier alpha value is -0.730. The Balaban J connectivity index is 2.30. The summed E-state index contributed by atoms with van der Waals surface area (Å²) in [7, 11) is 1.70. The first-order chi connectivity index (χ1) is 5.79. The van der Waals surface area contributed by atoms with Gasteiger partial charge in [-0.1, -0.05) is 17.7 Å². The second kappa shape index (κ2) is 2.96. The van der Waals surface area contributed by atoms with Crippen LogP contribution in [0.4, 0.5) is 5.69 Å². The first kappa shape index (κ1) is 7.90. The van der Waals surface area contributed by atoms with Crippen LogP contribution in [0.5, 0.6) is 0 Å². The van der Waals surface area contributed by atoms with E-state index in [1.165, 1.54) is 5.56 Å². The van der Waals surface area contributed by atoms with Gasteiger partial charge in [-0.2, -0.15) is 0 Å². The molecule has 1 aromatic carbocycles. The van der Waals surface area contributed by atoms with E-state index in [0.29, 0.717) is 0 Å². The minimum atomic E-state index is 0.110. The fraction of sp³-hybridized carbons (Fsp3) is 0.333. The summed E-state index contributed by atoms with van der Waals surface area (Å²) < 4.78 is 5.18. The molecule has 2 rings (SSSR count). The van der Waals surface area contributed by atoms with Crippen molar-refractivity contribution in [2.75, 3.05) is 12.4 Å². The summed E-state index contributed by atoms with van der Waals surface area (Å²) in [5, 5.41) is 3.98. The molecule has 1 unspecified atom stereocenters. The summed E-state index contributed by atoms with van der Waals surface area (Å²) in [6.45, 7) is 0. The summed E-state index contributed by atoms with van der Waals surface area (Å²) in [6.07, 6.45) is 1.03. The van der Waals surface area contributed by atoms with Gasteiger partial charge < -0.3 is 10.1 Å². The summed E-state index contributed by atoms with van der Waals surface area (Å²) in [5.74, 6) is 0. The Bertz CT molecular complexity index is 301. The lowest BCUT2D eigenvalue weighted by Gasteiger charge is -2.07. The molecule has 1 aromatic rings. The average Bonchev–Trinajstić information content (AvgIpc) is 2.46. The molecule has 0 fully saturated rings. The van der Waals surface area contributed by atoms with Crippen molar-refractivity contribution >= 4 is 17.3 Å². The number of hydrogen-bond acceptors (Lipinski definition) is 2. The Morgan fingerprint density at radius 3 is 3.17 bits per heavy atom. The fourth-order valence-electron chi connectivity index (χ4n) is 1.43. The molecule has 3 heteroatoms. The van der Waals surface area contributed by atoms with Gasteiger partial charge >= 0.3 is 0 Å². The predicted octanol–water partition coefficient (Wildman–Crippen LogP) is 2.28. The largest absolute Gasteiger partial charge is 0.361 e. The minimum absolute atomic E-state index is 0.110. The molecule has 1 heterocycles. The zero-order valence-corrected chi connectivity index (χ0v) is 7.56. The Labute approximate surface area is 76.5 Å². The lowest BCUT2D eigenvalue weighted by Crippen LogP contribution is -2.16. The molecule has 0 radical (unpaired) electrons. The number of benzene rings is 1. The third-order valence-electron chi connectivity index (χ3n) is 2.08. The van der Waals surface area contributed by atoms with Crippen LogP contribution in [0, 0.1) is 0 Å². The van der Waals surface area contributed by atoms with Gasteiger partial charge in [0.15, 0.2) is 0 Å². The molecule has 1 N–H and O–H groups in total. The van der Waals surface area contributed by atoms with Gasteiger partial charge in [0.05, 0.1) is 0 Å². The standard InChI is InChI=1S/C9H10ClNO/c1-12-9-4-6-2-3-7(10)5-8(6)11-9/h2-3,5,9,11H,4H2,1H3. The minimum Gasteiger partial charge on any atom is -0.361 e. The second-order valence-electron chi connectivity index (χ2n) is 2.87. The van der Waals surface area contributed by atoms with Crippen molar-refractivity contribution in [1.82, 2.24) is 0 Å². The van der Waals surface area contributed by atoms with Crippen molar-refractivity contribution in [3.05, 3.63) is 28.8 Å². The maximum Gasteiger partial charge on any atom is 0.131 e. The highest BCUT2D eigenvalue weighted by Crippen LogP contribution is 2.28. The van der Waals surface area contributed by atoms with Crippen LogP contribution >= 0.6 is 11.6 Å². The van der Waals surface area contributed by atoms with Crippen molar-refractivity contribution in [3.63, 3.8) is 0 Å². The maximum absolute atomic E-state index is 5.83. The van der Waals surface area contributed by atoms with Gasteiger partial charge in [0.25, 0.3) is 0 Å². The molecule has 1 aliphatic rings. The van der Waals surface area contributed by atoms with Crippen molar-refractivity contribution in [2.45, 2.75) is 12.6 Å². The van der Waals surface area contributed by atoms with E-state index in [9.17, 15) is 0 Å². The van der Waals surface area contributed by atoms with E-state index in [2.05, 4.69) is 5.32 Å². The molecule has 64 valence electrons. The summed E-state index contributed by atoms with van der Waals surface area (Å²) in [6, 6.07) is 5.86. The first-order valence-corrected chi connectivity index (χ1v) is 4.25. The molecule has 0 spiro atoms. The topological polar surface area (TPSA) is 21.3 Å². The van der Waals surface area contributed by atoms with E-state index >= 15 is 0 Å². The van der Waals surface area contributed by atoms with E-state index in [-0.39, 0.29) is 6.23 Å². The average molecular weight is 184 g/mol. The molecule has 0 saturated heterocycles. The van der Waals surface area contributed by atoms with Gasteiger partial charge in [-0.25, -0.2) is 0 Å². The highest BCUT2D eigenvalue weighted by atomic mass is 35.5. The van der Waals surface area contributed by atoms with Crippen LogP contribution in [0.3, 0.4) is 0 Å². The summed E-state index contributed by atoms with van der Waals surface area (Å²) >= 11 is 5.83. The van der Waals surface area contributed by atoms with Crippen LogP contribution in [-0.4, -0.2) is 13.3 Å². The zero-order chi connectivity index (χ0) is 8.55. The second-order valence-corrected chi connectivity index (χ2v) is 3.31. The van der Waals surface area contributed by atoms with E-state index < -0.39 is 0 Å². The molecule has 0 saturated carbocycles. The van der Waals surface area contributed by atoms with Crippen LogP contribution < -0.4 is 5.32 Å². The fourth-order valence-corrected chi connectivity index (χ4v) is 1.60. The van der Waals surface area contributed by atoms with E-state index in [4.69, 9.17) is 16.3 Å². The number of rotatable bonds is 1. The quantitative estimate of drug-likeness (QED) is 0.722. The van der Waals surface area contributed by atoms with Gasteiger partial charge in [-0.3, -0.25) is 0 Å². The molecule has 1 aliphatic heterocycles. The smallest absolute Gasteiger partial charge is 0.131 e. The maximum atomic E-state index is 5.83. The van der Waals surface area contributed by atoms with Gasteiger partial charge in [0, 0.05) is 24.2 Å². The van der Waals surface area contributed by atoms with E-state index in [1.807, 2.05) is 18.2 Å². The molecule has 12 heavy (non-hydrogen) atoms. The van der Waals surface area contributed by atoms with Crippen LogP contribution in [0.15, 0.2) is 18.2 Å². The van der Waals surface area contributed by atoms with Crippen molar-refractivity contribution in [1.29, 1.82) is 0 Å². The lowest BCUT2D eigenvalue weighted by atomic mass is 10.2. The van der Waals surface area contributed by atoms with E-state index in [0.717, 1.165) is 17.1 Å². The Morgan fingerprint density at radius 2 is 2.42 bits per heavy atom. The molecule has 0 aliphatic carbocycles. The highest BCUT2D eigenvalue weighted by Gasteiger charge is 2.19. The SMILES string of the molecule is COC1Cc2ccc(Cl)cc2N1. The van der Waals surface area contributed by atoms with Crippen molar-refractivity contribution in [3.8, 4) is 0 Å². The van der Waals surface area contributed by atoms with Gasteiger partial charge in [-0.15, -0.1) is 0 Å². The highest BCUT2D eigenvalue weighted by molar-refractivity contribution is 6.30. The zero-order valence-electron chi connectivity index (χ0n) is 6.80. The molecular formula is C9H10ClNO. The number of nitrogens with one attached hydrogen (secondary N) is 1. The van der Waals surface area contributed by atoms with Crippen LogP contribution in [0.25, 0.3) is 0 Å². The Morgan fingerprint density at radius 1 is 1.58 bits per heavy atom. The normalized spacial score (nSPS) is 20.3. The third kappa shape index (κ3) is 1.28. The number of methoxy groups -OCH3 is 1. The molecule has 0 amide bonds. The molecule has 2 nitrogen and oxygen atoms in total. The molecule has 1 atom stereocenters. The van der Waals surface area contributed by atoms with Crippen molar-refractivity contribution in [2.24, 2.45) is 0 Å². The van der Waals surface area contributed by atoms with Crippen molar-refractivity contribution < 1.29 is 4.74 Å².